The van der Waals surface area contributed by atoms with Crippen LogP contribution in [-0.4, -0.2) is 29.2 Å². The van der Waals surface area contributed by atoms with Crippen LogP contribution >= 0.6 is 0 Å². The van der Waals surface area contributed by atoms with E-state index >= 15 is 0 Å². The molecule has 1 amide bonds. The van der Waals surface area contributed by atoms with Gasteiger partial charge in [0, 0.05) is 12.6 Å². The van der Waals surface area contributed by atoms with Crippen molar-refractivity contribution in [3.05, 3.63) is 35.9 Å². The van der Waals surface area contributed by atoms with Crippen molar-refractivity contribution in [3.63, 3.8) is 0 Å². The molecule has 0 bridgehead atoms. The number of hydrogen-bond acceptors (Lipinski definition) is 2. The summed E-state index contributed by atoms with van der Waals surface area (Å²) in [5.74, 6) is 0. The van der Waals surface area contributed by atoms with Gasteiger partial charge in [0.05, 0.1) is 0 Å². The van der Waals surface area contributed by atoms with Crippen molar-refractivity contribution in [2.24, 2.45) is 0 Å². The minimum absolute atomic E-state index is 0.135. The predicted octanol–water partition coefficient (Wildman–Crippen LogP) is 5.19. The Labute approximate surface area is 141 Å². The highest BCUT2D eigenvalue weighted by atomic mass is 16.6. The van der Waals surface area contributed by atoms with Crippen LogP contribution < -0.4 is 0 Å². The molecule has 1 aromatic rings. The van der Waals surface area contributed by atoms with Crippen molar-refractivity contribution >= 4 is 6.09 Å². The van der Waals surface area contributed by atoms with Crippen LogP contribution in [0.25, 0.3) is 0 Å². The zero-order valence-electron chi connectivity index (χ0n) is 14.9. The van der Waals surface area contributed by atoms with Gasteiger partial charge in [-0.1, -0.05) is 43.2 Å². The molecule has 1 heterocycles. The van der Waals surface area contributed by atoms with Gasteiger partial charge in [0.1, 0.15) is 5.60 Å². The van der Waals surface area contributed by atoms with Crippen molar-refractivity contribution in [2.75, 3.05) is 6.54 Å². The first-order chi connectivity index (χ1) is 11.0. The minimum atomic E-state index is -0.403. The molecule has 1 aromatic carbocycles. The van der Waals surface area contributed by atoms with E-state index in [2.05, 4.69) is 30.3 Å². The number of amides is 1. The minimum Gasteiger partial charge on any atom is -0.444 e. The van der Waals surface area contributed by atoms with Gasteiger partial charge in [-0.15, -0.1) is 0 Å². The van der Waals surface area contributed by atoms with Crippen molar-refractivity contribution in [2.45, 2.75) is 77.4 Å². The molecule has 0 spiro atoms. The second kappa shape index (κ2) is 8.37. The first kappa shape index (κ1) is 17.8. The van der Waals surface area contributed by atoms with E-state index < -0.39 is 5.60 Å². The Kier molecular flexibility index (Phi) is 6.49. The van der Waals surface area contributed by atoms with Gasteiger partial charge in [-0.25, -0.2) is 4.79 Å². The SMILES string of the molecule is CC(C)(C)OC(=O)N1CCC[C@@H]1CCCCCc1ccccc1. The molecule has 3 nitrogen and oxygen atoms in total. The lowest BCUT2D eigenvalue weighted by Crippen LogP contribution is -2.39. The van der Waals surface area contributed by atoms with Gasteiger partial charge in [0.15, 0.2) is 0 Å². The number of nitrogens with zero attached hydrogens (tertiary/aromatic N) is 1. The number of aryl methyl sites for hydroxylation is 1. The molecular weight excluding hydrogens is 286 g/mol. The number of benzene rings is 1. The summed E-state index contributed by atoms with van der Waals surface area (Å²) in [6.45, 7) is 6.64. The van der Waals surface area contributed by atoms with E-state index in [-0.39, 0.29) is 6.09 Å². The number of likely N-dealkylation sites (tertiary alicyclic amines) is 1. The van der Waals surface area contributed by atoms with Crippen molar-refractivity contribution in [1.82, 2.24) is 4.90 Å². The fourth-order valence-corrected chi connectivity index (χ4v) is 3.23. The van der Waals surface area contributed by atoms with Gasteiger partial charge in [-0.05, 0) is 58.4 Å². The van der Waals surface area contributed by atoms with E-state index in [0.29, 0.717) is 6.04 Å². The van der Waals surface area contributed by atoms with E-state index in [4.69, 9.17) is 4.74 Å². The number of unbranched alkanes of at least 4 members (excludes halogenated alkanes) is 2. The second-order valence-corrected chi connectivity index (χ2v) is 7.55. The summed E-state index contributed by atoms with van der Waals surface area (Å²) in [5, 5.41) is 0. The molecule has 0 saturated carbocycles. The Morgan fingerprint density at radius 2 is 1.91 bits per heavy atom. The van der Waals surface area contributed by atoms with Crippen LogP contribution in [0.4, 0.5) is 4.79 Å². The summed E-state index contributed by atoms with van der Waals surface area (Å²) in [4.78, 5) is 14.2. The average molecular weight is 317 g/mol. The van der Waals surface area contributed by atoms with Crippen LogP contribution in [0.2, 0.25) is 0 Å². The molecule has 2 rings (SSSR count). The molecule has 1 fully saturated rings. The lowest BCUT2D eigenvalue weighted by molar-refractivity contribution is 0.0218. The normalized spacial score (nSPS) is 18.2. The molecule has 0 N–H and O–H groups in total. The first-order valence-corrected chi connectivity index (χ1v) is 8.99. The smallest absolute Gasteiger partial charge is 0.410 e. The highest BCUT2D eigenvalue weighted by Crippen LogP contribution is 2.24. The summed E-state index contributed by atoms with van der Waals surface area (Å²) in [7, 11) is 0. The Hall–Kier alpha value is -1.51. The largest absolute Gasteiger partial charge is 0.444 e. The summed E-state index contributed by atoms with van der Waals surface area (Å²) in [6.07, 6.45) is 8.00. The number of ether oxygens (including phenoxy) is 1. The fraction of sp³-hybridized carbons (Fsp3) is 0.650. The quantitative estimate of drug-likeness (QED) is 0.676. The van der Waals surface area contributed by atoms with Crippen molar-refractivity contribution in [3.8, 4) is 0 Å². The van der Waals surface area contributed by atoms with E-state index in [1.54, 1.807) is 0 Å². The Morgan fingerprint density at radius 3 is 2.61 bits per heavy atom. The monoisotopic (exact) mass is 317 g/mol. The molecule has 128 valence electrons. The highest BCUT2D eigenvalue weighted by molar-refractivity contribution is 5.68. The third-order valence-corrected chi connectivity index (χ3v) is 4.35. The lowest BCUT2D eigenvalue weighted by Gasteiger charge is -2.28. The Balaban J connectivity index is 1.67. The number of carbonyl (C=O) groups excluding carboxylic acids is 1. The van der Waals surface area contributed by atoms with Crippen LogP contribution in [0.15, 0.2) is 30.3 Å². The number of rotatable bonds is 6. The van der Waals surface area contributed by atoms with E-state index in [1.165, 1.54) is 24.8 Å². The standard InChI is InChI=1S/C20H31NO2/c1-20(2,3)23-19(22)21-16-10-15-18(21)14-9-5-8-13-17-11-6-4-7-12-17/h4,6-7,11-12,18H,5,8-10,13-16H2,1-3H3/t18-/m0/s1. The maximum Gasteiger partial charge on any atom is 0.410 e. The van der Waals surface area contributed by atoms with Gasteiger partial charge < -0.3 is 9.64 Å². The van der Waals surface area contributed by atoms with Crippen LogP contribution in [0.1, 0.15) is 64.9 Å². The summed E-state index contributed by atoms with van der Waals surface area (Å²) >= 11 is 0. The molecule has 1 saturated heterocycles. The maximum atomic E-state index is 12.2. The third kappa shape index (κ3) is 6.25. The van der Waals surface area contributed by atoms with Gasteiger partial charge in [0.2, 0.25) is 0 Å². The second-order valence-electron chi connectivity index (χ2n) is 7.55. The molecule has 3 heteroatoms. The Morgan fingerprint density at radius 1 is 1.17 bits per heavy atom. The topological polar surface area (TPSA) is 29.5 Å². The molecule has 23 heavy (non-hydrogen) atoms. The Bertz CT molecular complexity index is 478. The lowest BCUT2D eigenvalue weighted by atomic mass is 10.0. The zero-order valence-corrected chi connectivity index (χ0v) is 14.9. The first-order valence-electron chi connectivity index (χ1n) is 8.99. The molecule has 0 radical (unpaired) electrons. The van der Waals surface area contributed by atoms with E-state index in [1.807, 2.05) is 25.7 Å². The summed E-state index contributed by atoms with van der Waals surface area (Å²) in [5.41, 5.74) is 1.02. The molecule has 0 aromatic heterocycles. The van der Waals surface area contributed by atoms with Crippen LogP contribution in [-0.2, 0) is 11.2 Å². The third-order valence-electron chi connectivity index (χ3n) is 4.35. The van der Waals surface area contributed by atoms with Crippen LogP contribution in [0.3, 0.4) is 0 Å². The van der Waals surface area contributed by atoms with Crippen LogP contribution in [0, 0.1) is 0 Å². The molecule has 1 aliphatic heterocycles. The molecular formula is C20H31NO2. The van der Waals surface area contributed by atoms with E-state index in [0.717, 1.165) is 32.2 Å². The predicted molar refractivity (Wildman–Crippen MR) is 94.6 cm³/mol. The zero-order chi connectivity index (χ0) is 16.7. The molecule has 1 atom stereocenters. The summed E-state index contributed by atoms with van der Waals surface area (Å²) in [6, 6.07) is 11.0. The molecule has 1 aliphatic rings. The van der Waals surface area contributed by atoms with Gasteiger partial charge >= 0.3 is 6.09 Å². The maximum absolute atomic E-state index is 12.2. The van der Waals surface area contributed by atoms with Gasteiger partial charge in [0.25, 0.3) is 0 Å². The number of hydrogen-bond donors (Lipinski definition) is 0. The van der Waals surface area contributed by atoms with Gasteiger partial charge in [-0.2, -0.15) is 0 Å². The van der Waals surface area contributed by atoms with E-state index in [9.17, 15) is 4.79 Å². The molecule has 0 aliphatic carbocycles. The van der Waals surface area contributed by atoms with Gasteiger partial charge in [-0.3, -0.25) is 0 Å². The number of carbonyl (C=O) groups is 1. The highest BCUT2D eigenvalue weighted by Gasteiger charge is 2.31. The fourth-order valence-electron chi connectivity index (χ4n) is 3.23. The van der Waals surface area contributed by atoms with Crippen molar-refractivity contribution in [1.29, 1.82) is 0 Å². The van der Waals surface area contributed by atoms with Crippen molar-refractivity contribution < 1.29 is 9.53 Å². The average Bonchev–Trinajstić information content (AvgIpc) is 2.95. The van der Waals surface area contributed by atoms with Crippen LogP contribution in [0.5, 0.6) is 0 Å². The summed E-state index contributed by atoms with van der Waals surface area (Å²) < 4.78 is 5.52. The molecule has 0 unspecified atom stereocenters.